The van der Waals surface area contributed by atoms with Crippen LogP contribution in [0.25, 0.3) is 11.1 Å². The Kier molecular flexibility index (Phi) is 9.09. The van der Waals surface area contributed by atoms with E-state index < -0.39 is 0 Å². The second-order valence-corrected chi connectivity index (χ2v) is 6.03. The van der Waals surface area contributed by atoms with Crippen molar-refractivity contribution in [2.75, 3.05) is 26.4 Å². The molecule has 2 aromatic carbocycles. The molecule has 0 bridgehead atoms. The van der Waals surface area contributed by atoms with Crippen LogP contribution in [0.4, 0.5) is 0 Å². The van der Waals surface area contributed by atoms with Crippen molar-refractivity contribution in [1.29, 1.82) is 0 Å². The molecule has 136 valence electrons. The largest absolute Gasteiger partial charge is 0.494 e. The summed E-state index contributed by atoms with van der Waals surface area (Å²) in [6.45, 7) is 7.64. The van der Waals surface area contributed by atoms with Gasteiger partial charge in [-0.2, -0.15) is 0 Å². The Bertz CT molecular complexity index is 575. The lowest BCUT2D eigenvalue weighted by Gasteiger charge is -2.08. The van der Waals surface area contributed by atoms with Crippen molar-refractivity contribution in [3.8, 4) is 16.9 Å². The van der Waals surface area contributed by atoms with Crippen LogP contribution in [0, 0.1) is 0 Å². The molecular weight excluding hydrogens is 312 g/mol. The van der Waals surface area contributed by atoms with Crippen molar-refractivity contribution in [2.45, 2.75) is 39.7 Å². The number of benzene rings is 2. The van der Waals surface area contributed by atoms with Crippen LogP contribution in [-0.2, 0) is 16.1 Å². The van der Waals surface area contributed by atoms with E-state index in [-0.39, 0.29) is 0 Å². The Morgan fingerprint density at radius 3 is 1.96 bits per heavy atom. The summed E-state index contributed by atoms with van der Waals surface area (Å²) in [6.07, 6.45) is 3.56. The maximum absolute atomic E-state index is 5.76. The summed E-state index contributed by atoms with van der Waals surface area (Å²) in [7, 11) is 0. The molecule has 0 atom stereocenters. The zero-order valence-electron chi connectivity index (χ0n) is 15.5. The van der Waals surface area contributed by atoms with Gasteiger partial charge in [0.2, 0.25) is 0 Å². The van der Waals surface area contributed by atoms with E-state index >= 15 is 0 Å². The molecule has 0 unspecified atom stereocenters. The van der Waals surface area contributed by atoms with Crippen LogP contribution in [0.2, 0.25) is 0 Å². The van der Waals surface area contributed by atoms with E-state index in [2.05, 4.69) is 43.3 Å². The maximum atomic E-state index is 5.76. The Balaban J connectivity index is 1.80. The first-order valence-corrected chi connectivity index (χ1v) is 9.31. The standard InChI is InChI=1S/C22H30O3/c1-3-5-6-15-25-22-13-11-21(12-14-22)20-9-7-19(8-10-20)18-24-17-16-23-4-2/h7-14H,3-6,15-18H2,1-2H3. The summed E-state index contributed by atoms with van der Waals surface area (Å²) in [6, 6.07) is 16.8. The smallest absolute Gasteiger partial charge is 0.119 e. The predicted octanol–water partition coefficient (Wildman–Crippen LogP) is 5.48. The van der Waals surface area contributed by atoms with Crippen LogP contribution in [-0.4, -0.2) is 26.4 Å². The summed E-state index contributed by atoms with van der Waals surface area (Å²) in [4.78, 5) is 0. The van der Waals surface area contributed by atoms with Crippen LogP contribution < -0.4 is 4.74 Å². The third-order valence-corrected chi connectivity index (χ3v) is 4.00. The van der Waals surface area contributed by atoms with Crippen molar-refractivity contribution in [2.24, 2.45) is 0 Å². The average molecular weight is 342 g/mol. The van der Waals surface area contributed by atoms with E-state index in [9.17, 15) is 0 Å². The number of ether oxygens (including phenoxy) is 3. The molecule has 2 aromatic rings. The average Bonchev–Trinajstić information content (AvgIpc) is 2.66. The third kappa shape index (κ3) is 7.29. The van der Waals surface area contributed by atoms with Crippen molar-refractivity contribution in [3.05, 3.63) is 54.1 Å². The minimum atomic E-state index is 0.623. The lowest BCUT2D eigenvalue weighted by molar-refractivity contribution is 0.0453. The Morgan fingerprint density at radius 2 is 1.32 bits per heavy atom. The quantitative estimate of drug-likeness (QED) is 0.478. The summed E-state index contributed by atoms with van der Waals surface area (Å²) in [5, 5.41) is 0. The Morgan fingerprint density at radius 1 is 0.680 bits per heavy atom. The zero-order valence-corrected chi connectivity index (χ0v) is 15.5. The van der Waals surface area contributed by atoms with Crippen LogP contribution in [0.1, 0.15) is 38.7 Å². The highest BCUT2D eigenvalue weighted by Gasteiger charge is 2.00. The van der Waals surface area contributed by atoms with Gasteiger partial charge in [0, 0.05) is 6.61 Å². The van der Waals surface area contributed by atoms with Crippen LogP contribution in [0.3, 0.4) is 0 Å². The van der Waals surface area contributed by atoms with Gasteiger partial charge in [-0.15, -0.1) is 0 Å². The number of unbranched alkanes of at least 4 members (excludes halogenated alkanes) is 2. The van der Waals surface area contributed by atoms with Crippen LogP contribution in [0.5, 0.6) is 5.75 Å². The molecule has 0 radical (unpaired) electrons. The van der Waals surface area contributed by atoms with Gasteiger partial charge >= 0.3 is 0 Å². The fourth-order valence-corrected chi connectivity index (χ4v) is 2.53. The summed E-state index contributed by atoms with van der Waals surface area (Å²) in [5.74, 6) is 0.944. The molecule has 0 saturated heterocycles. The second kappa shape index (κ2) is 11.7. The van der Waals surface area contributed by atoms with E-state index in [0.717, 1.165) is 25.4 Å². The number of hydrogen-bond donors (Lipinski definition) is 0. The lowest BCUT2D eigenvalue weighted by atomic mass is 10.0. The van der Waals surface area contributed by atoms with Gasteiger partial charge in [0.25, 0.3) is 0 Å². The maximum Gasteiger partial charge on any atom is 0.119 e. The van der Waals surface area contributed by atoms with E-state index in [1.54, 1.807) is 0 Å². The molecule has 0 aliphatic heterocycles. The van der Waals surface area contributed by atoms with Crippen molar-refractivity contribution < 1.29 is 14.2 Å². The van der Waals surface area contributed by atoms with E-state index in [4.69, 9.17) is 14.2 Å². The van der Waals surface area contributed by atoms with Crippen molar-refractivity contribution >= 4 is 0 Å². The van der Waals surface area contributed by atoms with Gasteiger partial charge in [-0.25, -0.2) is 0 Å². The van der Waals surface area contributed by atoms with Gasteiger partial charge < -0.3 is 14.2 Å². The summed E-state index contributed by atoms with van der Waals surface area (Å²) >= 11 is 0. The highest BCUT2D eigenvalue weighted by Crippen LogP contribution is 2.23. The fourth-order valence-electron chi connectivity index (χ4n) is 2.53. The zero-order chi connectivity index (χ0) is 17.7. The summed E-state index contributed by atoms with van der Waals surface area (Å²) in [5.41, 5.74) is 3.58. The number of rotatable bonds is 12. The Hall–Kier alpha value is -1.84. The molecular formula is C22H30O3. The minimum Gasteiger partial charge on any atom is -0.494 e. The molecule has 0 aromatic heterocycles. The van der Waals surface area contributed by atoms with Gasteiger partial charge in [0.05, 0.1) is 26.4 Å². The van der Waals surface area contributed by atoms with Crippen LogP contribution in [0.15, 0.2) is 48.5 Å². The molecule has 2 rings (SSSR count). The molecule has 0 N–H and O–H groups in total. The second-order valence-electron chi connectivity index (χ2n) is 6.03. The van der Waals surface area contributed by atoms with E-state index in [0.29, 0.717) is 19.8 Å². The van der Waals surface area contributed by atoms with E-state index in [1.165, 1.54) is 29.5 Å². The van der Waals surface area contributed by atoms with E-state index in [1.807, 2.05) is 19.1 Å². The highest BCUT2D eigenvalue weighted by molar-refractivity contribution is 5.64. The molecule has 0 aliphatic rings. The molecule has 0 aliphatic carbocycles. The summed E-state index contributed by atoms with van der Waals surface area (Å²) < 4.78 is 16.6. The molecule has 0 fully saturated rings. The number of hydrogen-bond acceptors (Lipinski definition) is 3. The molecule has 3 heteroatoms. The van der Waals surface area contributed by atoms with Gasteiger partial charge in [0.1, 0.15) is 5.75 Å². The van der Waals surface area contributed by atoms with Crippen molar-refractivity contribution in [1.82, 2.24) is 0 Å². The molecule has 0 spiro atoms. The normalized spacial score (nSPS) is 10.8. The first-order valence-electron chi connectivity index (χ1n) is 9.31. The SMILES string of the molecule is CCCCCOc1ccc(-c2ccc(COCCOCC)cc2)cc1. The topological polar surface area (TPSA) is 27.7 Å². The van der Waals surface area contributed by atoms with Gasteiger partial charge in [-0.1, -0.05) is 56.2 Å². The molecule has 0 saturated carbocycles. The third-order valence-electron chi connectivity index (χ3n) is 4.00. The Labute approximate surface area is 151 Å². The fraction of sp³-hybridized carbons (Fsp3) is 0.455. The minimum absolute atomic E-state index is 0.623. The van der Waals surface area contributed by atoms with Crippen molar-refractivity contribution in [3.63, 3.8) is 0 Å². The first-order chi connectivity index (χ1) is 12.3. The highest BCUT2D eigenvalue weighted by atomic mass is 16.5. The van der Waals surface area contributed by atoms with Gasteiger partial charge in [0.15, 0.2) is 0 Å². The molecule has 3 nitrogen and oxygen atoms in total. The molecule has 0 amide bonds. The lowest BCUT2D eigenvalue weighted by Crippen LogP contribution is -2.03. The molecule has 0 heterocycles. The predicted molar refractivity (Wildman–Crippen MR) is 103 cm³/mol. The van der Waals surface area contributed by atoms with Gasteiger partial charge in [-0.3, -0.25) is 0 Å². The monoisotopic (exact) mass is 342 g/mol. The van der Waals surface area contributed by atoms with Gasteiger partial charge in [-0.05, 0) is 42.2 Å². The molecule has 25 heavy (non-hydrogen) atoms. The first kappa shape index (κ1) is 19.5. The van der Waals surface area contributed by atoms with Crippen LogP contribution >= 0.6 is 0 Å².